The van der Waals surface area contributed by atoms with Gasteiger partial charge in [0.1, 0.15) is 22.0 Å². The third kappa shape index (κ3) is 8.43. The second-order valence-corrected chi connectivity index (χ2v) is 13.4. The van der Waals surface area contributed by atoms with Gasteiger partial charge in [-0.15, -0.1) is 18.9 Å². The monoisotopic (exact) mass is 717 g/mol. The number of hydrogen-bond acceptors (Lipinski definition) is 20. The number of sulfone groups is 1. The Morgan fingerprint density at radius 1 is 1.00 bits per heavy atom. The first-order chi connectivity index (χ1) is 20.8. The van der Waals surface area contributed by atoms with Gasteiger partial charge in [0.15, 0.2) is 39.0 Å². The molecule has 0 bridgehead atoms. The van der Waals surface area contributed by atoms with E-state index in [0.29, 0.717) is 6.07 Å². The molecular weight excluding hydrogens is 699 g/mol. The smallest absolute Gasteiger partial charge is 0.296 e. The summed E-state index contributed by atoms with van der Waals surface area (Å²) >= 11 is -2.28. The van der Waals surface area contributed by atoms with Crippen LogP contribution in [0.5, 0.6) is 5.75 Å². The molecule has 0 amide bonds. The molecule has 0 fully saturated rings. The number of phenols is 1. The molecule has 3 aromatic rings. The van der Waals surface area contributed by atoms with Crippen LogP contribution in [0.25, 0.3) is 10.8 Å². The van der Waals surface area contributed by atoms with Crippen LogP contribution in [-0.4, -0.2) is 65.2 Å². The van der Waals surface area contributed by atoms with E-state index in [9.17, 15) is 35.3 Å². The van der Waals surface area contributed by atoms with Gasteiger partial charge in [-0.3, -0.25) is 8.74 Å². The van der Waals surface area contributed by atoms with Crippen molar-refractivity contribution in [1.29, 1.82) is 0 Å². The van der Waals surface area contributed by atoms with Crippen molar-refractivity contribution < 1.29 is 68.7 Å². The molecule has 1 atom stereocenters. The average Bonchev–Trinajstić information content (AvgIpc) is 2.96. The van der Waals surface area contributed by atoms with Gasteiger partial charge in [-0.2, -0.15) is 18.6 Å². The van der Waals surface area contributed by atoms with E-state index in [2.05, 4.69) is 43.4 Å². The maximum Gasteiger partial charge on any atom is 0.296 e. The lowest BCUT2D eigenvalue weighted by Gasteiger charge is -2.14. The lowest BCUT2D eigenvalue weighted by molar-refractivity contribution is -0.434. The summed E-state index contributed by atoms with van der Waals surface area (Å²) in [4.78, 5) is -2.05. The van der Waals surface area contributed by atoms with Crippen LogP contribution in [0.4, 0.5) is 22.7 Å². The molecular formula is C19H19N5O15S5. The first-order valence-corrected chi connectivity index (χ1v) is 16.6. The van der Waals surface area contributed by atoms with Crippen molar-refractivity contribution in [2.75, 3.05) is 25.1 Å². The van der Waals surface area contributed by atoms with E-state index >= 15 is 0 Å². The lowest BCUT2D eigenvalue weighted by atomic mass is 10.0. The number of fused-ring (bicyclic) bond motifs is 1. The molecule has 1 unspecified atom stereocenters. The molecule has 0 aliphatic rings. The maximum absolute atomic E-state index is 12.6. The molecule has 3 aromatic carbocycles. The highest BCUT2D eigenvalue weighted by atomic mass is 32.2. The predicted molar refractivity (Wildman–Crippen MR) is 151 cm³/mol. The van der Waals surface area contributed by atoms with Crippen molar-refractivity contribution in [2.24, 2.45) is 20.5 Å². The van der Waals surface area contributed by atoms with E-state index in [1.54, 1.807) is 0 Å². The standard InChI is InChI=1S/C19H19N5O15S5/c1-21-22-12-8-14(42(28)29)10-7-13(40-38-36-26)18(19(25)16(10)17(12)20)24-23-11-3-2-9(6-15(11)44(32,33)34)43(30,31)5-4-35-41-39-37-27/h2-3,6-8,25-27H,4-5,20H2,1H3,(H,28,29)(H,32,33,34). The Kier molecular flexibility index (Phi) is 12.5. The fourth-order valence-corrected chi connectivity index (χ4v) is 6.67. The lowest BCUT2D eigenvalue weighted by Crippen LogP contribution is -2.12. The van der Waals surface area contributed by atoms with Crippen molar-refractivity contribution in [1.82, 2.24) is 0 Å². The summed E-state index contributed by atoms with van der Waals surface area (Å²) in [6.07, 6.45) is 0. The zero-order valence-electron chi connectivity index (χ0n) is 21.5. The van der Waals surface area contributed by atoms with E-state index in [-0.39, 0.29) is 56.3 Å². The highest BCUT2D eigenvalue weighted by molar-refractivity contribution is 7.94. The predicted octanol–water partition coefficient (Wildman–Crippen LogP) is 4.29. The van der Waals surface area contributed by atoms with Crippen molar-refractivity contribution in [2.45, 2.75) is 19.6 Å². The largest absolute Gasteiger partial charge is 0.505 e. The SMILES string of the molecule is CN=Nc1cc(S(=O)O)c2cc(SOOO)c(N=Nc3ccc(S(=O)(=O)CCOSOOO)cc3S(=O)(=O)O)c(O)c2c1N. The number of rotatable bonds is 15. The first-order valence-electron chi connectivity index (χ1n) is 11.0. The third-order valence-corrected chi connectivity index (χ3v) is 9.51. The Morgan fingerprint density at radius 3 is 2.32 bits per heavy atom. The highest BCUT2D eigenvalue weighted by Gasteiger charge is 2.25. The van der Waals surface area contributed by atoms with Crippen LogP contribution in [-0.2, 0) is 54.0 Å². The third-order valence-electron chi connectivity index (χ3n) is 5.24. The normalized spacial score (nSPS) is 13.4. The van der Waals surface area contributed by atoms with Crippen molar-refractivity contribution in [3.05, 3.63) is 30.3 Å². The van der Waals surface area contributed by atoms with Crippen LogP contribution in [0.15, 0.2) is 70.4 Å². The molecule has 25 heteroatoms. The summed E-state index contributed by atoms with van der Waals surface area (Å²) in [5.41, 5.74) is 4.71. The van der Waals surface area contributed by atoms with Crippen molar-refractivity contribution >= 4 is 88.9 Å². The van der Waals surface area contributed by atoms with Crippen LogP contribution in [0.2, 0.25) is 0 Å². The molecule has 240 valence electrons. The summed E-state index contributed by atoms with van der Waals surface area (Å²) in [5, 5.41) is 49.2. The fraction of sp³-hybridized carbons (Fsp3) is 0.158. The van der Waals surface area contributed by atoms with Crippen molar-refractivity contribution in [3.63, 3.8) is 0 Å². The van der Waals surface area contributed by atoms with Gasteiger partial charge in [-0.05, 0) is 30.3 Å². The maximum atomic E-state index is 12.6. The van der Waals surface area contributed by atoms with E-state index in [0.717, 1.165) is 24.3 Å². The molecule has 44 heavy (non-hydrogen) atoms. The van der Waals surface area contributed by atoms with Crippen LogP contribution in [0.1, 0.15) is 0 Å². The number of nitrogen functional groups attached to an aromatic ring is 1. The van der Waals surface area contributed by atoms with Crippen LogP contribution < -0.4 is 5.73 Å². The van der Waals surface area contributed by atoms with E-state index < -0.39 is 70.3 Å². The number of azo groups is 2. The molecule has 0 spiro atoms. The molecule has 0 saturated heterocycles. The number of nitrogens with zero attached hydrogens (tertiary/aromatic N) is 4. The molecule has 0 heterocycles. The minimum atomic E-state index is -5.12. The van der Waals surface area contributed by atoms with Gasteiger partial charge < -0.3 is 15.4 Å². The number of phenolic OH excluding ortho intramolecular Hbond substituents is 1. The summed E-state index contributed by atoms with van der Waals surface area (Å²) in [6, 6.07) is 4.71. The van der Waals surface area contributed by atoms with Crippen LogP contribution in [0.3, 0.4) is 0 Å². The molecule has 0 saturated carbocycles. The Morgan fingerprint density at radius 2 is 1.70 bits per heavy atom. The number of benzene rings is 3. The Hall–Kier alpha value is -2.89. The number of anilines is 1. The van der Waals surface area contributed by atoms with Gasteiger partial charge in [0.05, 0.1) is 50.2 Å². The Balaban J connectivity index is 2.19. The number of aromatic hydroxyl groups is 1. The summed E-state index contributed by atoms with van der Waals surface area (Å²) < 4.78 is 94.3. The summed E-state index contributed by atoms with van der Waals surface area (Å²) in [6.45, 7) is -0.490. The van der Waals surface area contributed by atoms with E-state index in [4.69, 9.17) is 16.2 Å². The quantitative estimate of drug-likeness (QED) is 0.0187. The molecule has 7 N–H and O–H groups in total. The second-order valence-electron chi connectivity index (χ2n) is 7.73. The minimum absolute atomic E-state index is 0.0927. The highest BCUT2D eigenvalue weighted by Crippen LogP contribution is 2.49. The van der Waals surface area contributed by atoms with Gasteiger partial charge >= 0.3 is 0 Å². The molecule has 3 rings (SSSR count). The molecule has 0 radical (unpaired) electrons. The molecule has 0 aliphatic carbocycles. The number of hydrogen-bond donors (Lipinski definition) is 6. The van der Waals surface area contributed by atoms with Gasteiger partial charge in [0.2, 0.25) is 0 Å². The van der Waals surface area contributed by atoms with Crippen molar-refractivity contribution in [3.8, 4) is 5.75 Å². The van der Waals surface area contributed by atoms with Gasteiger partial charge in [-0.1, -0.05) is 10.1 Å². The summed E-state index contributed by atoms with van der Waals surface area (Å²) in [5.74, 6) is -1.48. The molecule has 20 nitrogen and oxygen atoms in total. The van der Waals surface area contributed by atoms with E-state index in [1.165, 1.54) is 7.05 Å². The average molecular weight is 718 g/mol. The first kappa shape index (κ1) is 35.6. The van der Waals surface area contributed by atoms with Gasteiger partial charge in [0.25, 0.3) is 10.1 Å². The zero-order valence-corrected chi connectivity index (χ0v) is 25.6. The number of nitrogens with two attached hydrogens (primary N) is 1. The summed E-state index contributed by atoms with van der Waals surface area (Å²) in [7, 11) is -8.03. The molecule has 0 aliphatic heterocycles. The van der Waals surface area contributed by atoms with Crippen LogP contribution in [0, 0.1) is 0 Å². The topological polar surface area (TPSA) is 308 Å². The van der Waals surface area contributed by atoms with Gasteiger partial charge in [-0.25, -0.2) is 23.1 Å². The molecule has 0 aromatic heterocycles. The zero-order chi connectivity index (χ0) is 32.7. The fourth-order valence-electron chi connectivity index (χ4n) is 3.46. The minimum Gasteiger partial charge on any atom is -0.505 e. The van der Waals surface area contributed by atoms with Gasteiger partial charge in [0, 0.05) is 12.4 Å². The Labute approximate surface area is 258 Å². The second kappa shape index (κ2) is 15.4. The van der Waals surface area contributed by atoms with Crippen LogP contribution >= 0.6 is 24.4 Å². The Bertz CT molecular complexity index is 1840. The van der Waals surface area contributed by atoms with E-state index in [1.807, 2.05) is 0 Å².